The third kappa shape index (κ3) is 3.66. The van der Waals surface area contributed by atoms with Crippen LogP contribution in [0.5, 0.6) is 0 Å². The Morgan fingerprint density at radius 2 is 1.76 bits per heavy atom. The number of primary amides is 1. The number of likely N-dealkylation sites (N-methyl/N-ethyl adjacent to an activating group) is 1. The molecule has 0 radical (unpaired) electrons. The zero-order valence-electron chi connectivity index (χ0n) is 19.5. The molecular formula is C26H31N5O2. The topological polar surface area (TPSA) is 83.6 Å². The van der Waals surface area contributed by atoms with Crippen LogP contribution in [0, 0.1) is 6.92 Å². The van der Waals surface area contributed by atoms with Gasteiger partial charge < -0.3 is 25.4 Å². The van der Waals surface area contributed by atoms with Crippen LogP contribution in [0.2, 0.25) is 0 Å². The van der Waals surface area contributed by atoms with E-state index in [9.17, 15) is 9.59 Å². The summed E-state index contributed by atoms with van der Waals surface area (Å²) < 4.78 is 1.77. The maximum Gasteiger partial charge on any atom is 0.253 e. The number of fused-ring (bicyclic) bond motifs is 2. The predicted molar refractivity (Wildman–Crippen MR) is 134 cm³/mol. The van der Waals surface area contributed by atoms with E-state index in [1.807, 2.05) is 32.2 Å². The summed E-state index contributed by atoms with van der Waals surface area (Å²) in [5.41, 5.74) is 12.2. The van der Waals surface area contributed by atoms with E-state index in [1.165, 1.54) is 5.56 Å². The van der Waals surface area contributed by atoms with Gasteiger partial charge in [-0.25, -0.2) is 0 Å². The number of pyridine rings is 1. The molecule has 33 heavy (non-hydrogen) atoms. The predicted octanol–water partition coefficient (Wildman–Crippen LogP) is 3.00. The van der Waals surface area contributed by atoms with E-state index >= 15 is 0 Å². The van der Waals surface area contributed by atoms with E-state index in [4.69, 9.17) is 5.73 Å². The van der Waals surface area contributed by atoms with Crippen LogP contribution < -0.4 is 26.4 Å². The lowest BCUT2D eigenvalue weighted by Gasteiger charge is -2.38. The summed E-state index contributed by atoms with van der Waals surface area (Å²) in [6, 6.07) is 12.2. The number of nitrogens with zero attached hydrogens (tertiary/aromatic N) is 3. The Morgan fingerprint density at radius 1 is 1.00 bits per heavy atom. The van der Waals surface area contributed by atoms with Gasteiger partial charge in [-0.2, -0.15) is 0 Å². The SMILES string of the molecule is Cc1cc2c(N3CCN(C)c4ccc(C(N)=O)cc43)cc(C3CCNCC3)cc2n(C)c1=O. The van der Waals surface area contributed by atoms with E-state index in [-0.39, 0.29) is 5.56 Å². The minimum atomic E-state index is -0.433. The number of hydrogen-bond donors (Lipinski definition) is 2. The lowest BCUT2D eigenvalue weighted by Crippen LogP contribution is -2.37. The van der Waals surface area contributed by atoms with Crippen molar-refractivity contribution >= 4 is 33.9 Å². The number of carbonyl (C=O) groups excluding carboxylic acids is 1. The molecule has 0 aliphatic carbocycles. The zero-order valence-corrected chi connectivity index (χ0v) is 19.5. The second-order valence-corrected chi connectivity index (χ2v) is 9.33. The van der Waals surface area contributed by atoms with Crippen LogP contribution in [-0.4, -0.2) is 43.7 Å². The summed E-state index contributed by atoms with van der Waals surface area (Å²) in [7, 11) is 3.92. The molecule has 1 saturated heterocycles. The number of aromatic nitrogens is 1. The van der Waals surface area contributed by atoms with Crippen LogP contribution in [-0.2, 0) is 7.05 Å². The molecule has 0 saturated carbocycles. The van der Waals surface area contributed by atoms with Crippen molar-refractivity contribution < 1.29 is 4.79 Å². The number of aryl methyl sites for hydroxylation is 2. The third-order valence-electron chi connectivity index (χ3n) is 7.25. The van der Waals surface area contributed by atoms with Crippen molar-refractivity contribution in [3.8, 4) is 0 Å². The fourth-order valence-corrected chi connectivity index (χ4v) is 5.29. The minimum absolute atomic E-state index is 0.0331. The molecule has 7 heteroatoms. The summed E-state index contributed by atoms with van der Waals surface area (Å²) >= 11 is 0. The average Bonchev–Trinajstić information content (AvgIpc) is 2.83. The molecule has 0 spiro atoms. The summed E-state index contributed by atoms with van der Waals surface area (Å²) in [4.78, 5) is 29.3. The highest BCUT2D eigenvalue weighted by Gasteiger charge is 2.26. The van der Waals surface area contributed by atoms with Crippen LogP contribution in [0.25, 0.3) is 10.9 Å². The summed E-state index contributed by atoms with van der Waals surface area (Å²) in [5, 5.41) is 4.50. The van der Waals surface area contributed by atoms with Gasteiger partial charge in [0.25, 0.3) is 5.56 Å². The number of carbonyl (C=O) groups is 1. The minimum Gasteiger partial charge on any atom is -0.371 e. The largest absolute Gasteiger partial charge is 0.371 e. The van der Waals surface area contributed by atoms with Crippen molar-refractivity contribution in [3.05, 3.63) is 63.4 Å². The molecule has 2 aromatic carbocycles. The highest BCUT2D eigenvalue weighted by molar-refractivity contribution is 6.00. The fourth-order valence-electron chi connectivity index (χ4n) is 5.29. The third-order valence-corrected chi connectivity index (χ3v) is 7.25. The van der Waals surface area contributed by atoms with Gasteiger partial charge in [0.05, 0.1) is 22.6 Å². The Hall–Kier alpha value is -3.32. The molecule has 1 aromatic heterocycles. The standard InChI is InChI=1S/C26H31N5O2/c1-16-12-20-22(30(3)26(16)33)14-19(17-6-8-28-9-7-17)15-23(20)31-11-10-29(2)21-5-4-18(25(27)32)13-24(21)31/h4-5,12-15,17,28H,6-11H2,1-3H3,(H2,27,32). The average molecular weight is 446 g/mol. The van der Waals surface area contributed by atoms with Gasteiger partial charge in [0, 0.05) is 43.7 Å². The Bertz CT molecular complexity index is 1310. The van der Waals surface area contributed by atoms with Crippen LogP contribution >= 0.6 is 0 Å². The van der Waals surface area contributed by atoms with E-state index in [0.29, 0.717) is 11.5 Å². The van der Waals surface area contributed by atoms with Gasteiger partial charge in [-0.3, -0.25) is 9.59 Å². The Labute approximate surface area is 193 Å². The number of nitrogens with one attached hydrogen (secondary N) is 1. The summed E-state index contributed by atoms with van der Waals surface area (Å²) in [5.74, 6) is 0.0206. The number of benzene rings is 2. The van der Waals surface area contributed by atoms with Crippen molar-refractivity contribution in [1.29, 1.82) is 0 Å². The smallest absolute Gasteiger partial charge is 0.253 e. The first-order chi connectivity index (χ1) is 15.8. The number of rotatable bonds is 3. The first-order valence-electron chi connectivity index (χ1n) is 11.6. The van der Waals surface area contributed by atoms with E-state index in [2.05, 4.69) is 34.3 Å². The lowest BCUT2D eigenvalue weighted by molar-refractivity contribution is 0.100. The number of nitrogens with two attached hydrogens (primary N) is 1. The molecule has 2 aliphatic heterocycles. The van der Waals surface area contributed by atoms with Gasteiger partial charge in [0.1, 0.15) is 0 Å². The van der Waals surface area contributed by atoms with Crippen LogP contribution in [0.1, 0.15) is 40.2 Å². The van der Waals surface area contributed by atoms with E-state index in [0.717, 1.165) is 72.5 Å². The van der Waals surface area contributed by atoms with Gasteiger partial charge in [-0.15, -0.1) is 0 Å². The lowest BCUT2D eigenvalue weighted by atomic mass is 9.88. The molecule has 172 valence electrons. The zero-order chi connectivity index (χ0) is 23.3. The number of hydrogen-bond acceptors (Lipinski definition) is 5. The Morgan fingerprint density at radius 3 is 2.48 bits per heavy atom. The molecule has 2 aliphatic rings. The molecule has 1 amide bonds. The van der Waals surface area contributed by atoms with Crippen molar-refractivity contribution in [2.75, 3.05) is 43.0 Å². The highest BCUT2D eigenvalue weighted by Crippen LogP contribution is 2.42. The normalized spacial score (nSPS) is 16.8. The number of anilines is 3. The maximum atomic E-state index is 12.8. The molecule has 1 fully saturated rings. The summed E-state index contributed by atoms with van der Waals surface area (Å²) in [6.45, 7) is 5.51. The summed E-state index contributed by atoms with van der Waals surface area (Å²) in [6.07, 6.45) is 2.16. The Kier molecular flexibility index (Phi) is 5.37. The molecule has 3 N–H and O–H groups in total. The monoisotopic (exact) mass is 445 g/mol. The first kappa shape index (κ1) is 21.5. The second-order valence-electron chi connectivity index (χ2n) is 9.33. The quantitative estimate of drug-likeness (QED) is 0.648. The number of amides is 1. The van der Waals surface area contributed by atoms with Crippen molar-refractivity contribution in [3.63, 3.8) is 0 Å². The van der Waals surface area contributed by atoms with E-state index in [1.54, 1.807) is 10.6 Å². The van der Waals surface area contributed by atoms with Crippen molar-refractivity contribution in [2.24, 2.45) is 12.8 Å². The van der Waals surface area contributed by atoms with Crippen LogP contribution in [0.3, 0.4) is 0 Å². The molecule has 0 unspecified atom stereocenters. The van der Waals surface area contributed by atoms with Crippen LogP contribution in [0.15, 0.2) is 41.2 Å². The van der Waals surface area contributed by atoms with Gasteiger partial charge in [-0.1, -0.05) is 0 Å². The molecule has 3 aromatic rings. The molecule has 0 bridgehead atoms. The van der Waals surface area contributed by atoms with Crippen molar-refractivity contribution in [2.45, 2.75) is 25.7 Å². The highest BCUT2D eigenvalue weighted by atomic mass is 16.1. The fraction of sp³-hybridized carbons (Fsp3) is 0.385. The van der Waals surface area contributed by atoms with Crippen LogP contribution in [0.4, 0.5) is 17.1 Å². The molecule has 7 nitrogen and oxygen atoms in total. The van der Waals surface area contributed by atoms with E-state index < -0.39 is 5.91 Å². The van der Waals surface area contributed by atoms with Gasteiger partial charge in [-0.05, 0) is 80.7 Å². The van der Waals surface area contributed by atoms with Gasteiger partial charge in [0.15, 0.2) is 0 Å². The van der Waals surface area contributed by atoms with Gasteiger partial charge >= 0.3 is 0 Å². The molecule has 5 rings (SSSR count). The molecule has 3 heterocycles. The molecular weight excluding hydrogens is 414 g/mol. The molecule has 0 atom stereocenters. The maximum absolute atomic E-state index is 12.8. The number of piperidine rings is 1. The first-order valence-corrected chi connectivity index (χ1v) is 11.6. The Balaban J connectivity index is 1.77. The van der Waals surface area contributed by atoms with Crippen molar-refractivity contribution in [1.82, 2.24) is 9.88 Å². The van der Waals surface area contributed by atoms with Gasteiger partial charge in [0.2, 0.25) is 5.91 Å². The second kappa shape index (κ2) is 8.23.